The van der Waals surface area contributed by atoms with Gasteiger partial charge < -0.3 is 16.2 Å². The van der Waals surface area contributed by atoms with Crippen LogP contribution in [-0.2, 0) is 6.54 Å². The van der Waals surface area contributed by atoms with Crippen LogP contribution >= 0.6 is 24.0 Å². The average molecular weight is 347 g/mol. The number of hydrogen-bond donors (Lipinski definition) is 3. The molecule has 0 spiro atoms. The van der Waals surface area contributed by atoms with Crippen LogP contribution < -0.4 is 11.1 Å². The maximum absolute atomic E-state index is 9.25. The van der Waals surface area contributed by atoms with Gasteiger partial charge in [-0.2, -0.15) is 0 Å². The molecule has 1 rings (SSSR count). The van der Waals surface area contributed by atoms with E-state index in [1.165, 1.54) is 0 Å². The van der Waals surface area contributed by atoms with E-state index in [0.717, 1.165) is 11.1 Å². The molecule has 4 nitrogen and oxygen atoms in total. The van der Waals surface area contributed by atoms with Gasteiger partial charge in [0, 0.05) is 6.54 Å². The number of nitrogens with one attached hydrogen (secondary N) is 1. The molecule has 0 saturated heterocycles. The minimum atomic E-state index is 0. The molecule has 0 unspecified atom stereocenters. The van der Waals surface area contributed by atoms with Crippen molar-refractivity contribution in [2.45, 2.75) is 13.5 Å². The van der Waals surface area contributed by atoms with Crippen LogP contribution in [0.15, 0.2) is 41.4 Å². The number of guanidine groups is 1. The monoisotopic (exact) mass is 347 g/mol. The summed E-state index contributed by atoms with van der Waals surface area (Å²) in [6.45, 7) is 6.73. The third-order valence-electron chi connectivity index (χ3n) is 1.91. The van der Waals surface area contributed by atoms with E-state index in [2.05, 4.69) is 16.9 Å². The van der Waals surface area contributed by atoms with Gasteiger partial charge >= 0.3 is 0 Å². The molecular formula is C12H18IN3O. The van der Waals surface area contributed by atoms with Gasteiger partial charge in [0.15, 0.2) is 5.96 Å². The summed E-state index contributed by atoms with van der Waals surface area (Å²) in [5, 5.41) is 12.2. The molecule has 0 aliphatic heterocycles. The summed E-state index contributed by atoms with van der Waals surface area (Å²) in [6.07, 6.45) is 0. The molecule has 0 amide bonds. The van der Waals surface area contributed by atoms with E-state index in [1.54, 1.807) is 18.2 Å². The van der Waals surface area contributed by atoms with E-state index >= 15 is 0 Å². The fraction of sp³-hybridized carbons (Fsp3) is 0.250. The molecule has 0 heterocycles. The molecule has 0 aliphatic carbocycles. The molecule has 0 saturated carbocycles. The zero-order valence-electron chi connectivity index (χ0n) is 9.81. The number of benzene rings is 1. The Kier molecular flexibility index (Phi) is 7.36. The van der Waals surface area contributed by atoms with Crippen molar-refractivity contribution in [3.05, 3.63) is 42.0 Å². The second-order valence-electron chi connectivity index (χ2n) is 3.68. The summed E-state index contributed by atoms with van der Waals surface area (Å²) >= 11 is 0. The number of hydrogen-bond acceptors (Lipinski definition) is 2. The number of aromatic hydroxyl groups is 1. The van der Waals surface area contributed by atoms with Gasteiger partial charge in [-0.05, 0) is 24.6 Å². The molecule has 5 heteroatoms. The topological polar surface area (TPSA) is 70.6 Å². The van der Waals surface area contributed by atoms with Crippen LogP contribution in [0.1, 0.15) is 12.5 Å². The smallest absolute Gasteiger partial charge is 0.189 e. The molecule has 4 N–H and O–H groups in total. The Bertz CT molecular complexity index is 404. The van der Waals surface area contributed by atoms with Gasteiger partial charge in [0.25, 0.3) is 0 Å². The Morgan fingerprint density at radius 3 is 2.82 bits per heavy atom. The SMILES string of the molecule is C=C(C)CNC(N)=NCc1cccc(O)c1.I. The zero-order valence-corrected chi connectivity index (χ0v) is 12.1. The van der Waals surface area contributed by atoms with Crippen LogP contribution in [-0.4, -0.2) is 17.6 Å². The Labute approximate surface area is 119 Å². The maximum Gasteiger partial charge on any atom is 0.189 e. The fourth-order valence-electron chi connectivity index (χ4n) is 1.13. The second-order valence-corrected chi connectivity index (χ2v) is 3.68. The molecule has 94 valence electrons. The lowest BCUT2D eigenvalue weighted by molar-refractivity contribution is 0.474. The van der Waals surface area contributed by atoms with Gasteiger partial charge in [0.2, 0.25) is 0 Å². The predicted octanol–water partition coefficient (Wildman–Crippen LogP) is 1.99. The molecule has 0 aromatic heterocycles. The van der Waals surface area contributed by atoms with Gasteiger partial charge in [-0.3, -0.25) is 0 Å². The van der Waals surface area contributed by atoms with E-state index in [0.29, 0.717) is 19.0 Å². The van der Waals surface area contributed by atoms with Crippen molar-refractivity contribution in [2.24, 2.45) is 10.7 Å². The van der Waals surface area contributed by atoms with E-state index in [9.17, 15) is 5.11 Å². The molecule has 0 atom stereocenters. The molecule has 0 aliphatic rings. The highest BCUT2D eigenvalue weighted by Gasteiger charge is 1.94. The summed E-state index contributed by atoms with van der Waals surface area (Å²) in [7, 11) is 0. The van der Waals surface area contributed by atoms with Crippen molar-refractivity contribution in [1.82, 2.24) is 5.32 Å². The molecule has 1 aromatic carbocycles. The number of rotatable bonds is 4. The van der Waals surface area contributed by atoms with Gasteiger partial charge in [-0.15, -0.1) is 24.0 Å². The molecule has 0 fully saturated rings. The second kappa shape index (κ2) is 7.94. The molecule has 1 aromatic rings. The fourth-order valence-corrected chi connectivity index (χ4v) is 1.13. The van der Waals surface area contributed by atoms with Gasteiger partial charge in [-0.25, -0.2) is 4.99 Å². The third kappa shape index (κ3) is 6.83. The number of aliphatic imine (C=N–C) groups is 1. The highest BCUT2D eigenvalue weighted by molar-refractivity contribution is 14.0. The highest BCUT2D eigenvalue weighted by atomic mass is 127. The first-order valence-corrected chi connectivity index (χ1v) is 5.04. The number of phenolic OH excluding ortho intramolecular Hbond substituents is 1. The van der Waals surface area contributed by atoms with E-state index in [-0.39, 0.29) is 29.7 Å². The minimum absolute atomic E-state index is 0. The zero-order chi connectivity index (χ0) is 12.0. The van der Waals surface area contributed by atoms with Crippen molar-refractivity contribution in [3.63, 3.8) is 0 Å². The number of nitrogens with two attached hydrogens (primary N) is 1. The lowest BCUT2D eigenvalue weighted by Gasteiger charge is -2.04. The lowest BCUT2D eigenvalue weighted by Crippen LogP contribution is -2.32. The maximum atomic E-state index is 9.25. The largest absolute Gasteiger partial charge is 0.508 e. The average Bonchev–Trinajstić information content (AvgIpc) is 2.23. The van der Waals surface area contributed by atoms with Crippen molar-refractivity contribution in [1.29, 1.82) is 0 Å². The van der Waals surface area contributed by atoms with Crippen LogP contribution in [0.25, 0.3) is 0 Å². The Morgan fingerprint density at radius 2 is 2.24 bits per heavy atom. The van der Waals surface area contributed by atoms with Gasteiger partial charge in [-0.1, -0.05) is 24.3 Å². The quantitative estimate of drug-likeness (QED) is 0.338. The van der Waals surface area contributed by atoms with Gasteiger partial charge in [0.1, 0.15) is 5.75 Å². The Hall–Kier alpha value is -1.24. The number of phenols is 1. The summed E-state index contributed by atoms with van der Waals surface area (Å²) in [5.74, 6) is 0.618. The summed E-state index contributed by atoms with van der Waals surface area (Å²) in [6, 6.07) is 6.94. The van der Waals surface area contributed by atoms with Crippen LogP contribution in [0, 0.1) is 0 Å². The van der Waals surface area contributed by atoms with Crippen molar-refractivity contribution in [2.75, 3.05) is 6.54 Å². The Balaban J connectivity index is 0.00000256. The molecule has 17 heavy (non-hydrogen) atoms. The molecular weight excluding hydrogens is 329 g/mol. The first kappa shape index (κ1) is 15.8. The summed E-state index contributed by atoms with van der Waals surface area (Å²) < 4.78 is 0. The van der Waals surface area contributed by atoms with Crippen LogP contribution in [0.4, 0.5) is 0 Å². The number of nitrogens with zero attached hydrogens (tertiary/aromatic N) is 1. The molecule has 0 radical (unpaired) electrons. The van der Waals surface area contributed by atoms with E-state index in [4.69, 9.17) is 5.73 Å². The standard InChI is InChI=1S/C12H17N3O.HI/c1-9(2)7-14-12(13)15-8-10-4-3-5-11(16)6-10;/h3-6,16H,1,7-8H2,2H3,(H3,13,14,15);1H. The van der Waals surface area contributed by atoms with E-state index in [1.807, 2.05) is 13.0 Å². The predicted molar refractivity (Wildman–Crippen MR) is 81.7 cm³/mol. The van der Waals surface area contributed by atoms with Crippen molar-refractivity contribution < 1.29 is 5.11 Å². The molecule has 0 bridgehead atoms. The van der Waals surface area contributed by atoms with Crippen LogP contribution in [0.5, 0.6) is 5.75 Å². The normalized spacial score (nSPS) is 10.5. The highest BCUT2D eigenvalue weighted by Crippen LogP contribution is 2.11. The minimum Gasteiger partial charge on any atom is -0.508 e. The van der Waals surface area contributed by atoms with Crippen molar-refractivity contribution >= 4 is 29.9 Å². The van der Waals surface area contributed by atoms with E-state index < -0.39 is 0 Å². The first-order chi connectivity index (χ1) is 7.58. The van der Waals surface area contributed by atoms with Crippen LogP contribution in [0.2, 0.25) is 0 Å². The summed E-state index contributed by atoms with van der Waals surface area (Å²) in [4.78, 5) is 4.14. The lowest BCUT2D eigenvalue weighted by atomic mass is 10.2. The van der Waals surface area contributed by atoms with Gasteiger partial charge in [0.05, 0.1) is 6.54 Å². The Morgan fingerprint density at radius 1 is 1.53 bits per heavy atom. The summed E-state index contributed by atoms with van der Waals surface area (Å²) in [5.41, 5.74) is 7.56. The third-order valence-corrected chi connectivity index (χ3v) is 1.91. The van der Waals surface area contributed by atoms with Crippen LogP contribution in [0.3, 0.4) is 0 Å². The first-order valence-electron chi connectivity index (χ1n) is 5.04. The van der Waals surface area contributed by atoms with Crippen molar-refractivity contribution in [3.8, 4) is 5.75 Å². The number of halogens is 1.